The molecule has 0 radical (unpaired) electrons. The number of benzene rings is 1. The fraction of sp³-hybridized carbons (Fsp3) is 0.364. The number of hydrogen-bond acceptors (Lipinski definition) is 4. The highest BCUT2D eigenvalue weighted by molar-refractivity contribution is 9.10. The van der Waals surface area contributed by atoms with Gasteiger partial charge in [0.15, 0.2) is 0 Å². The van der Waals surface area contributed by atoms with Crippen LogP contribution in [-0.2, 0) is 0 Å². The maximum atomic E-state index is 11.8. The van der Waals surface area contributed by atoms with Crippen molar-refractivity contribution in [3.63, 3.8) is 0 Å². The third kappa shape index (κ3) is 4.04. The van der Waals surface area contributed by atoms with Gasteiger partial charge in [0.2, 0.25) is 0 Å². The zero-order chi connectivity index (χ0) is 12.8. The minimum atomic E-state index is -0.209. The minimum absolute atomic E-state index is 0. The van der Waals surface area contributed by atoms with Gasteiger partial charge in [0, 0.05) is 18.7 Å². The number of rotatable bonds is 5. The zero-order valence-electron chi connectivity index (χ0n) is 10.2. The number of nitrogens with one attached hydrogen (secondary N) is 1. The first kappa shape index (κ1) is 17.0. The molecule has 0 aliphatic carbocycles. The predicted octanol–water partition coefficient (Wildman–Crippen LogP) is 1.58. The number of nitrogens with two attached hydrogens (primary N) is 1. The Bertz CT molecular complexity index is 390. The SMILES string of the molecule is COc1cc(C(=O)NCCN)cc(OC)c1Br.Cl. The van der Waals surface area contributed by atoms with Crippen molar-refractivity contribution >= 4 is 34.2 Å². The first-order valence-electron chi connectivity index (χ1n) is 5.03. The van der Waals surface area contributed by atoms with Gasteiger partial charge in [-0.25, -0.2) is 0 Å². The van der Waals surface area contributed by atoms with Crippen LogP contribution in [0.1, 0.15) is 10.4 Å². The van der Waals surface area contributed by atoms with Gasteiger partial charge in [-0.15, -0.1) is 12.4 Å². The van der Waals surface area contributed by atoms with Crippen molar-refractivity contribution < 1.29 is 14.3 Å². The zero-order valence-corrected chi connectivity index (χ0v) is 12.6. The molecule has 0 saturated carbocycles. The van der Waals surface area contributed by atoms with E-state index in [4.69, 9.17) is 15.2 Å². The van der Waals surface area contributed by atoms with E-state index in [1.165, 1.54) is 14.2 Å². The summed E-state index contributed by atoms with van der Waals surface area (Å²) >= 11 is 3.34. The van der Waals surface area contributed by atoms with Gasteiger partial charge in [-0.05, 0) is 28.1 Å². The van der Waals surface area contributed by atoms with Crippen LogP contribution in [-0.4, -0.2) is 33.2 Å². The molecular weight excluding hydrogens is 323 g/mol. The van der Waals surface area contributed by atoms with Crippen LogP contribution in [0.25, 0.3) is 0 Å². The van der Waals surface area contributed by atoms with Crippen molar-refractivity contribution in [2.24, 2.45) is 5.73 Å². The molecule has 1 amide bonds. The summed E-state index contributed by atoms with van der Waals surface area (Å²) in [7, 11) is 3.06. The molecular formula is C11H16BrClN2O3. The number of amides is 1. The molecule has 0 saturated heterocycles. The van der Waals surface area contributed by atoms with E-state index in [-0.39, 0.29) is 18.3 Å². The van der Waals surface area contributed by atoms with Crippen molar-refractivity contribution in [2.45, 2.75) is 0 Å². The lowest BCUT2D eigenvalue weighted by atomic mass is 10.2. The van der Waals surface area contributed by atoms with E-state index in [1.807, 2.05) is 0 Å². The molecule has 0 aliphatic heterocycles. The first-order valence-corrected chi connectivity index (χ1v) is 5.83. The average Bonchev–Trinajstić information content (AvgIpc) is 2.36. The van der Waals surface area contributed by atoms with E-state index in [0.717, 1.165) is 0 Å². The lowest BCUT2D eigenvalue weighted by molar-refractivity contribution is 0.0954. The molecule has 0 fully saturated rings. The second-order valence-electron chi connectivity index (χ2n) is 3.24. The quantitative estimate of drug-likeness (QED) is 0.854. The number of methoxy groups -OCH3 is 2. The fourth-order valence-corrected chi connectivity index (χ4v) is 1.84. The third-order valence-electron chi connectivity index (χ3n) is 2.14. The number of hydrogen-bond donors (Lipinski definition) is 2. The number of carbonyl (C=O) groups is 1. The molecule has 0 atom stereocenters. The molecule has 102 valence electrons. The molecule has 0 aromatic heterocycles. The van der Waals surface area contributed by atoms with Crippen molar-refractivity contribution in [3.05, 3.63) is 22.2 Å². The fourth-order valence-electron chi connectivity index (χ4n) is 1.29. The molecule has 3 N–H and O–H groups in total. The predicted molar refractivity (Wildman–Crippen MR) is 75.9 cm³/mol. The van der Waals surface area contributed by atoms with Crippen LogP contribution in [0.4, 0.5) is 0 Å². The van der Waals surface area contributed by atoms with E-state index >= 15 is 0 Å². The highest BCUT2D eigenvalue weighted by Crippen LogP contribution is 2.35. The standard InChI is InChI=1S/C11H15BrN2O3.ClH/c1-16-8-5-7(11(15)14-4-3-13)6-9(17-2)10(8)12;/h5-6H,3-4,13H2,1-2H3,(H,14,15);1H. The Morgan fingerprint density at radius 1 is 1.33 bits per heavy atom. The highest BCUT2D eigenvalue weighted by Gasteiger charge is 2.13. The summed E-state index contributed by atoms with van der Waals surface area (Å²) in [6, 6.07) is 3.27. The van der Waals surface area contributed by atoms with E-state index in [2.05, 4.69) is 21.2 Å². The van der Waals surface area contributed by atoms with Gasteiger partial charge in [-0.3, -0.25) is 4.79 Å². The van der Waals surface area contributed by atoms with Gasteiger partial charge in [-0.2, -0.15) is 0 Å². The Morgan fingerprint density at radius 3 is 2.22 bits per heavy atom. The van der Waals surface area contributed by atoms with Crippen LogP contribution in [0, 0.1) is 0 Å². The molecule has 5 nitrogen and oxygen atoms in total. The number of carbonyl (C=O) groups excluding carboxylic acids is 1. The molecule has 18 heavy (non-hydrogen) atoms. The first-order chi connectivity index (χ1) is 8.13. The largest absolute Gasteiger partial charge is 0.495 e. The van der Waals surface area contributed by atoms with Gasteiger partial charge in [0.05, 0.1) is 14.2 Å². The Balaban J connectivity index is 0.00000289. The van der Waals surface area contributed by atoms with E-state index < -0.39 is 0 Å². The molecule has 0 heterocycles. The summed E-state index contributed by atoms with van der Waals surface area (Å²) in [6.45, 7) is 0.829. The van der Waals surface area contributed by atoms with Crippen LogP contribution < -0.4 is 20.5 Å². The van der Waals surface area contributed by atoms with E-state index in [0.29, 0.717) is 34.6 Å². The van der Waals surface area contributed by atoms with Crippen LogP contribution in [0.2, 0.25) is 0 Å². The summed E-state index contributed by atoms with van der Waals surface area (Å²) in [5, 5.41) is 2.68. The van der Waals surface area contributed by atoms with Crippen LogP contribution in [0.3, 0.4) is 0 Å². The van der Waals surface area contributed by atoms with Crippen LogP contribution in [0.15, 0.2) is 16.6 Å². The van der Waals surface area contributed by atoms with E-state index in [1.54, 1.807) is 12.1 Å². The molecule has 0 unspecified atom stereocenters. The summed E-state index contributed by atoms with van der Waals surface area (Å²) in [6.07, 6.45) is 0. The lowest BCUT2D eigenvalue weighted by Gasteiger charge is -2.11. The van der Waals surface area contributed by atoms with Crippen molar-refractivity contribution in [1.29, 1.82) is 0 Å². The second kappa shape index (κ2) is 8.18. The van der Waals surface area contributed by atoms with Crippen molar-refractivity contribution in [3.8, 4) is 11.5 Å². The van der Waals surface area contributed by atoms with E-state index in [9.17, 15) is 4.79 Å². The maximum Gasteiger partial charge on any atom is 0.251 e. The Kier molecular flexibility index (Phi) is 7.73. The topological polar surface area (TPSA) is 73.6 Å². The second-order valence-corrected chi connectivity index (χ2v) is 4.03. The van der Waals surface area contributed by atoms with Gasteiger partial charge < -0.3 is 20.5 Å². The highest BCUT2D eigenvalue weighted by atomic mass is 79.9. The van der Waals surface area contributed by atoms with Gasteiger partial charge >= 0.3 is 0 Å². The molecule has 0 aliphatic rings. The lowest BCUT2D eigenvalue weighted by Crippen LogP contribution is -2.29. The monoisotopic (exact) mass is 338 g/mol. The normalized spacial score (nSPS) is 9.33. The van der Waals surface area contributed by atoms with Crippen molar-refractivity contribution in [1.82, 2.24) is 5.32 Å². The number of ether oxygens (including phenoxy) is 2. The molecule has 1 aromatic carbocycles. The Morgan fingerprint density at radius 2 is 1.83 bits per heavy atom. The molecule has 7 heteroatoms. The van der Waals surface area contributed by atoms with Crippen molar-refractivity contribution in [2.75, 3.05) is 27.3 Å². The minimum Gasteiger partial charge on any atom is -0.495 e. The summed E-state index contributed by atoms with van der Waals surface area (Å²) in [5.74, 6) is 0.879. The maximum absolute atomic E-state index is 11.8. The van der Waals surface area contributed by atoms with Gasteiger partial charge in [0.25, 0.3) is 5.91 Å². The van der Waals surface area contributed by atoms with Gasteiger partial charge in [0.1, 0.15) is 16.0 Å². The van der Waals surface area contributed by atoms with Crippen LogP contribution >= 0.6 is 28.3 Å². The molecule has 0 spiro atoms. The summed E-state index contributed by atoms with van der Waals surface area (Å²) in [4.78, 5) is 11.8. The molecule has 0 bridgehead atoms. The third-order valence-corrected chi connectivity index (χ3v) is 2.92. The summed E-state index contributed by atoms with van der Waals surface area (Å²) in [5.41, 5.74) is 5.79. The Labute approximate surface area is 121 Å². The molecule has 1 rings (SSSR count). The van der Waals surface area contributed by atoms with Gasteiger partial charge in [-0.1, -0.05) is 0 Å². The molecule has 1 aromatic rings. The smallest absolute Gasteiger partial charge is 0.251 e. The Hall–Kier alpha value is -0.980. The summed E-state index contributed by atoms with van der Waals surface area (Å²) < 4.78 is 11.0. The average molecular weight is 340 g/mol. The van der Waals surface area contributed by atoms with Crippen LogP contribution in [0.5, 0.6) is 11.5 Å². The number of halogens is 2.